The molecule has 1 unspecified atom stereocenters. The van der Waals surface area contributed by atoms with Crippen molar-refractivity contribution in [2.75, 3.05) is 19.6 Å². The lowest BCUT2D eigenvalue weighted by Gasteiger charge is -2.26. The van der Waals surface area contributed by atoms with Crippen molar-refractivity contribution < 1.29 is 8.78 Å². The zero-order valence-corrected chi connectivity index (χ0v) is 10.0. The van der Waals surface area contributed by atoms with Crippen molar-refractivity contribution in [3.63, 3.8) is 0 Å². The number of halogens is 2. The Labute approximate surface area is 101 Å². The fourth-order valence-corrected chi connectivity index (χ4v) is 2.17. The van der Waals surface area contributed by atoms with Gasteiger partial charge in [-0.25, -0.2) is 8.78 Å². The van der Waals surface area contributed by atoms with Gasteiger partial charge in [-0.1, -0.05) is 6.07 Å². The van der Waals surface area contributed by atoms with Crippen LogP contribution in [0.2, 0.25) is 0 Å². The lowest BCUT2D eigenvalue weighted by molar-refractivity contribution is 0.208. The summed E-state index contributed by atoms with van der Waals surface area (Å²) in [5.74, 6) is -0.966. The molecule has 4 heteroatoms. The second-order valence-corrected chi connectivity index (χ2v) is 4.59. The molecule has 1 aliphatic rings. The van der Waals surface area contributed by atoms with Gasteiger partial charge in [0.15, 0.2) is 0 Å². The number of nitrogens with one attached hydrogen (secondary N) is 1. The van der Waals surface area contributed by atoms with Gasteiger partial charge < -0.3 is 5.32 Å². The molecule has 1 aliphatic heterocycles. The molecule has 2 rings (SSSR count). The van der Waals surface area contributed by atoms with Gasteiger partial charge in [-0.2, -0.15) is 0 Å². The van der Waals surface area contributed by atoms with Crippen molar-refractivity contribution in [3.05, 3.63) is 35.4 Å². The molecule has 0 aliphatic carbocycles. The van der Waals surface area contributed by atoms with Gasteiger partial charge in [0.05, 0.1) is 0 Å². The largest absolute Gasteiger partial charge is 0.315 e. The average molecular weight is 240 g/mol. The molecule has 0 spiro atoms. The second kappa shape index (κ2) is 5.56. The quantitative estimate of drug-likeness (QED) is 0.852. The minimum Gasteiger partial charge on any atom is -0.315 e. The molecule has 0 aromatic heterocycles. The molecule has 1 aromatic carbocycles. The van der Waals surface area contributed by atoms with E-state index in [-0.39, 0.29) is 0 Å². The topological polar surface area (TPSA) is 15.3 Å². The monoisotopic (exact) mass is 240 g/mol. The van der Waals surface area contributed by atoms with Crippen LogP contribution in [0.5, 0.6) is 0 Å². The van der Waals surface area contributed by atoms with Gasteiger partial charge in [0.25, 0.3) is 0 Å². The Morgan fingerprint density at radius 3 is 2.94 bits per heavy atom. The predicted molar refractivity (Wildman–Crippen MR) is 63.7 cm³/mol. The molecule has 1 aromatic rings. The highest BCUT2D eigenvalue weighted by Gasteiger charge is 2.18. The Kier molecular flexibility index (Phi) is 4.07. The third kappa shape index (κ3) is 3.23. The van der Waals surface area contributed by atoms with Gasteiger partial charge in [0.1, 0.15) is 11.6 Å². The van der Waals surface area contributed by atoms with Crippen LogP contribution < -0.4 is 5.32 Å². The van der Waals surface area contributed by atoms with Crippen LogP contribution in [0, 0.1) is 11.6 Å². The highest BCUT2D eigenvalue weighted by Crippen LogP contribution is 2.15. The fraction of sp³-hybridized carbons (Fsp3) is 0.538. The SMILES string of the molecule is CC1CCNCCN1Cc1ccc(F)cc1F. The van der Waals surface area contributed by atoms with Gasteiger partial charge in [-0.3, -0.25) is 4.90 Å². The zero-order chi connectivity index (χ0) is 12.3. The predicted octanol–water partition coefficient (Wildman–Crippen LogP) is 2.15. The van der Waals surface area contributed by atoms with Gasteiger partial charge in [-0.15, -0.1) is 0 Å². The van der Waals surface area contributed by atoms with Crippen LogP contribution in [-0.4, -0.2) is 30.6 Å². The van der Waals surface area contributed by atoms with Gasteiger partial charge in [0.2, 0.25) is 0 Å². The van der Waals surface area contributed by atoms with Crippen LogP contribution in [0.15, 0.2) is 18.2 Å². The summed E-state index contributed by atoms with van der Waals surface area (Å²) in [6, 6.07) is 4.24. The van der Waals surface area contributed by atoms with Crippen molar-refractivity contribution in [1.29, 1.82) is 0 Å². The highest BCUT2D eigenvalue weighted by atomic mass is 19.1. The maximum Gasteiger partial charge on any atom is 0.130 e. The van der Waals surface area contributed by atoms with E-state index in [1.807, 2.05) is 0 Å². The van der Waals surface area contributed by atoms with Gasteiger partial charge in [0, 0.05) is 37.3 Å². The lowest BCUT2D eigenvalue weighted by Crippen LogP contribution is -2.34. The minimum atomic E-state index is -0.517. The van der Waals surface area contributed by atoms with Crippen LogP contribution in [0.25, 0.3) is 0 Å². The molecule has 0 saturated carbocycles. The van der Waals surface area contributed by atoms with Gasteiger partial charge in [-0.05, 0) is 26.0 Å². The summed E-state index contributed by atoms with van der Waals surface area (Å²) in [5, 5.41) is 3.32. The van der Waals surface area contributed by atoms with E-state index >= 15 is 0 Å². The Hall–Kier alpha value is -1.00. The Morgan fingerprint density at radius 1 is 1.35 bits per heavy atom. The van der Waals surface area contributed by atoms with Crippen LogP contribution in [-0.2, 0) is 6.54 Å². The van der Waals surface area contributed by atoms with Crippen LogP contribution in [0.4, 0.5) is 8.78 Å². The summed E-state index contributed by atoms with van der Waals surface area (Å²) in [6.07, 6.45) is 1.06. The summed E-state index contributed by atoms with van der Waals surface area (Å²) in [5.41, 5.74) is 0.570. The van der Waals surface area contributed by atoms with E-state index in [0.29, 0.717) is 18.2 Å². The fourth-order valence-electron chi connectivity index (χ4n) is 2.17. The Morgan fingerprint density at radius 2 is 2.18 bits per heavy atom. The van der Waals surface area contributed by atoms with E-state index in [0.717, 1.165) is 32.1 Å². The van der Waals surface area contributed by atoms with E-state index in [9.17, 15) is 8.78 Å². The second-order valence-electron chi connectivity index (χ2n) is 4.59. The zero-order valence-electron chi connectivity index (χ0n) is 10.0. The standard InChI is InChI=1S/C13H18F2N2/c1-10-4-5-16-6-7-17(10)9-11-2-3-12(14)8-13(11)15/h2-3,8,10,16H,4-7,9H2,1H3. The third-order valence-corrected chi connectivity index (χ3v) is 3.33. The Balaban J connectivity index is 2.08. The maximum atomic E-state index is 13.6. The first-order valence-corrected chi connectivity index (χ1v) is 6.05. The van der Waals surface area contributed by atoms with E-state index in [4.69, 9.17) is 0 Å². The molecule has 0 bridgehead atoms. The van der Waals surface area contributed by atoms with E-state index < -0.39 is 11.6 Å². The summed E-state index contributed by atoms with van der Waals surface area (Å²) in [6.45, 7) is 5.53. The molecule has 0 amide bonds. The molecule has 94 valence electrons. The van der Waals surface area contributed by atoms with Gasteiger partial charge >= 0.3 is 0 Å². The summed E-state index contributed by atoms with van der Waals surface area (Å²) >= 11 is 0. The van der Waals surface area contributed by atoms with E-state index in [2.05, 4.69) is 17.1 Å². The molecule has 1 heterocycles. The Bertz CT molecular complexity index is 382. The molecule has 0 radical (unpaired) electrons. The number of benzene rings is 1. The first-order chi connectivity index (χ1) is 8.16. The minimum absolute atomic E-state index is 0.425. The van der Waals surface area contributed by atoms with Crippen molar-refractivity contribution in [2.45, 2.75) is 25.9 Å². The molecule has 2 nitrogen and oxygen atoms in total. The molecule has 1 saturated heterocycles. The smallest absolute Gasteiger partial charge is 0.130 e. The number of hydrogen-bond acceptors (Lipinski definition) is 2. The summed E-state index contributed by atoms with van der Waals surface area (Å²) in [4.78, 5) is 2.23. The maximum absolute atomic E-state index is 13.6. The molecular formula is C13H18F2N2. The van der Waals surface area contributed by atoms with Crippen LogP contribution in [0.1, 0.15) is 18.9 Å². The molecule has 17 heavy (non-hydrogen) atoms. The number of nitrogens with zero attached hydrogens (tertiary/aromatic N) is 1. The summed E-state index contributed by atoms with van der Waals surface area (Å²) in [7, 11) is 0. The number of hydrogen-bond donors (Lipinski definition) is 1. The van der Waals surface area contributed by atoms with Crippen molar-refractivity contribution >= 4 is 0 Å². The first-order valence-electron chi connectivity index (χ1n) is 6.05. The first kappa shape index (κ1) is 12.5. The molecule has 1 fully saturated rings. The van der Waals surface area contributed by atoms with Crippen molar-refractivity contribution in [3.8, 4) is 0 Å². The highest BCUT2D eigenvalue weighted by molar-refractivity contribution is 5.18. The lowest BCUT2D eigenvalue weighted by atomic mass is 10.1. The van der Waals surface area contributed by atoms with E-state index in [1.54, 1.807) is 0 Å². The van der Waals surface area contributed by atoms with Crippen molar-refractivity contribution in [1.82, 2.24) is 10.2 Å². The molecule has 1 atom stereocenters. The average Bonchev–Trinajstić information content (AvgIpc) is 2.48. The molecular weight excluding hydrogens is 222 g/mol. The van der Waals surface area contributed by atoms with Crippen molar-refractivity contribution in [2.24, 2.45) is 0 Å². The van der Waals surface area contributed by atoms with E-state index in [1.165, 1.54) is 12.1 Å². The normalized spacial score (nSPS) is 22.4. The third-order valence-electron chi connectivity index (χ3n) is 3.33. The summed E-state index contributed by atoms with van der Waals surface area (Å²) < 4.78 is 26.4. The number of rotatable bonds is 2. The van der Waals surface area contributed by atoms with Crippen LogP contribution in [0.3, 0.4) is 0 Å². The molecule has 1 N–H and O–H groups in total. The van der Waals surface area contributed by atoms with Crippen LogP contribution >= 0.6 is 0 Å².